The summed E-state index contributed by atoms with van der Waals surface area (Å²) in [5.74, 6) is -0.0287. The van der Waals surface area contributed by atoms with Crippen LogP contribution in [-0.2, 0) is 6.54 Å². The molecule has 1 aromatic carbocycles. The number of hydrogen-bond acceptors (Lipinski definition) is 5. The van der Waals surface area contributed by atoms with Crippen molar-refractivity contribution in [2.75, 3.05) is 5.75 Å². The number of aromatic amines is 1. The van der Waals surface area contributed by atoms with E-state index in [2.05, 4.69) is 17.6 Å². The zero-order chi connectivity index (χ0) is 15.4. The van der Waals surface area contributed by atoms with E-state index in [0.717, 1.165) is 4.57 Å². The summed E-state index contributed by atoms with van der Waals surface area (Å²) in [4.78, 5) is 37.8. The van der Waals surface area contributed by atoms with E-state index in [1.54, 1.807) is 30.3 Å². The van der Waals surface area contributed by atoms with Crippen LogP contribution in [0.15, 0.2) is 39.9 Å². The standard InChI is InChI=1S/C13H13N3O4S/c14-12(18)20-10-9(8-4-2-1-3-5-8)15-13(19)16(6-7-21)11(10)17/h1-5,21H,6-7H2,(H2,14,18)(H,15,19). The van der Waals surface area contributed by atoms with Crippen LogP contribution < -0.4 is 21.7 Å². The lowest BCUT2D eigenvalue weighted by atomic mass is 10.1. The fraction of sp³-hybridized carbons (Fsp3) is 0.154. The Kier molecular flexibility index (Phi) is 4.49. The SMILES string of the molecule is NC(=O)Oc1c(-c2ccccc2)[nH]c(=O)n(CCS)c1=O. The van der Waals surface area contributed by atoms with Crippen LogP contribution in [0.4, 0.5) is 4.79 Å². The molecule has 7 nitrogen and oxygen atoms in total. The van der Waals surface area contributed by atoms with Crippen molar-refractivity contribution in [1.82, 2.24) is 9.55 Å². The predicted octanol–water partition coefficient (Wildman–Crippen LogP) is 0.591. The number of thiol groups is 1. The summed E-state index contributed by atoms with van der Waals surface area (Å²) in [6, 6.07) is 8.56. The zero-order valence-corrected chi connectivity index (χ0v) is 11.8. The lowest BCUT2D eigenvalue weighted by molar-refractivity contribution is 0.210. The Hall–Kier alpha value is -2.48. The zero-order valence-electron chi connectivity index (χ0n) is 10.9. The first kappa shape index (κ1) is 14.9. The molecule has 0 bridgehead atoms. The first-order chi connectivity index (χ1) is 10.0. The van der Waals surface area contributed by atoms with Gasteiger partial charge in [-0.15, -0.1) is 0 Å². The minimum atomic E-state index is -1.13. The van der Waals surface area contributed by atoms with Crippen LogP contribution in [0.1, 0.15) is 0 Å². The molecule has 0 radical (unpaired) electrons. The summed E-state index contributed by atoms with van der Waals surface area (Å²) < 4.78 is 5.68. The van der Waals surface area contributed by atoms with E-state index < -0.39 is 17.3 Å². The Morgan fingerprint density at radius 3 is 2.52 bits per heavy atom. The van der Waals surface area contributed by atoms with E-state index in [-0.39, 0.29) is 23.7 Å². The number of amides is 1. The molecule has 1 heterocycles. The number of primary amides is 1. The minimum absolute atomic E-state index is 0.0848. The van der Waals surface area contributed by atoms with Crippen molar-refractivity contribution in [2.45, 2.75) is 6.54 Å². The third-order valence-electron chi connectivity index (χ3n) is 2.73. The van der Waals surface area contributed by atoms with Gasteiger partial charge < -0.3 is 15.5 Å². The molecule has 0 fully saturated rings. The fourth-order valence-corrected chi connectivity index (χ4v) is 2.06. The van der Waals surface area contributed by atoms with E-state index in [0.29, 0.717) is 5.56 Å². The van der Waals surface area contributed by atoms with Gasteiger partial charge in [0, 0.05) is 17.9 Å². The highest BCUT2D eigenvalue weighted by Gasteiger charge is 2.18. The highest BCUT2D eigenvalue weighted by molar-refractivity contribution is 7.80. The van der Waals surface area contributed by atoms with Gasteiger partial charge in [0.2, 0.25) is 5.75 Å². The Bertz CT molecular complexity index is 767. The van der Waals surface area contributed by atoms with Crippen LogP contribution in [0.5, 0.6) is 5.75 Å². The molecule has 0 saturated carbocycles. The van der Waals surface area contributed by atoms with Crippen LogP contribution in [0.2, 0.25) is 0 Å². The van der Waals surface area contributed by atoms with E-state index in [1.807, 2.05) is 0 Å². The summed E-state index contributed by atoms with van der Waals surface area (Å²) in [6.07, 6.45) is -1.13. The number of carbonyl (C=O) groups excluding carboxylic acids is 1. The Labute approximate surface area is 124 Å². The Morgan fingerprint density at radius 2 is 1.95 bits per heavy atom. The molecule has 0 aliphatic rings. The third-order valence-corrected chi connectivity index (χ3v) is 2.93. The molecule has 2 rings (SSSR count). The van der Waals surface area contributed by atoms with Gasteiger partial charge in [-0.25, -0.2) is 9.59 Å². The second-order valence-corrected chi connectivity index (χ2v) is 4.55. The predicted molar refractivity (Wildman–Crippen MR) is 80.8 cm³/mol. The number of hydrogen-bond donors (Lipinski definition) is 3. The van der Waals surface area contributed by atoms with Gasteiger partial charge >= 0.3 is 11.8 Å². The van der Waals surface area contributed by atoms with Gasteiger partial charge in [0.05, 0.1) is 5.69 Å². The molecule has 1 aromatic heterocycles. The molecular formula is C13H13N3O4S. The first-order valence-electron chi connectivity index (χ1n) is 6.05. The molecule has 110 valence electrons. The highest BCUT2D eigenvalue weighted by Crippen LogP contribution is 2.23. The van der Waals surface area contributed by atoms with Crippen molar-refractivity contribution in [2.24, 2.45) is 5.73 Å². The highest BCUT2D eigenvalue weighted by atomic mass is 32.1. The Balaban J connectivity index is 2.73. The van der Waals surface area contributed by atoms with Gasteiger partial charge in [0.1, 0.15) is 0 Å². The second-order valence-electron chi connectivity index (χ2n) is 4.10. The molecule has 0 spiro atoms. The van der Waals surface area contributed by atoms with Gasteiger partial charge in [-0.3, -0.25) is 9.36 Å². The van der Waals surface area contributed by atoms with Crippen LogP contribution in [0.25, 0.3) is 11.3 Å². The average Bonchev–Trinajstić information content (AvgIpc) is 2.47. The molecule has 0 unspecified atom stereocenters. The number of nitrogens with one attached hydrogen (secondary N) is 1. The van der Waals surface area contributed by atoms with Crippen LogP contribution in [-0.4, -0.2) is 21.4 Å². The van der Waals surface area contributed by atoms with E-state index >= 15 is 0 Å². The number of nitrogens with two attached hydrogens (primary N) is 1. The number of benzene rings is 1. The molecule has 1 amide bonds. The number of carbonyl (C=O) groups is 1. The summed E-state index contributed by atoms with van der Waals surface area (Å²) in [5, 5.41) is 0. The molecule has 0 aliphatic carbocycles. The van der Waals surface area contributed by atoms with Crippen LogP contribution >= 0.6 is 12.6 Å². The van der Waals surface area contributed by atoms with Gasteiger partial charge in [0.15, 0.2) is 0 Å². The fourth-order valence-electron chi connectivity index (χ4n) is 1.86. The average molecular weight is 307 g/mol. The smallest absolute Gasteiger partial charge is 0.402 e. The van der Waals surface area contributed by atoms with Gasteiger partial charge in [-0.05, 0) is 0 Å². The molecule has 2 aromatic rings. The summed E-state index contributed by atoms with van der Waals surface area (Å²) in [6.45, 7) is 0.0848. The molecule has 21 heavy (non-hydrogen) atoms. The van der Waals surface area contributed by atoms with Crippen molar-refractivity contribution >= 4 is 18.7 Å². The third kappa shape index (κ3) is 3.16. The summed E-state index contributed by atoms with van der Waals surface area (Å²) in [7, 11) is 0. The Morgan fingerprint density at radius 1 is 1.29 bits per heavy atom. The maximum Gasteiger partial charge on any atom is 0.410 e. The van der Waals surface area contributed by atoms with Crippen molar-refractivity contribution < 1.29 is 9.53 Å². The maximum atomic E-state index is 12.3. The van der Waals surface area contributed by atoms with E-state index in [1.165, 1.54) is 0 Å². The maximum absolute atomic E-state index is 12.3. The van der Waals surface area contributed by atoms with Gasteiger partial charge in [0.25, 0.3) is 5.56 Å². The van der Waals surface area contributed by atoms with Crippen molar-refractivity contribution in [3.63, 3.8) is 0 Å². The number of ether oxygens (including phenoxy) is 1. The monoisotopic (exact) mass is 307 g/mol. The number of H-pyrrole nitrogens is 1. The normalized spacial score (nSPS) is 10.3. The molecule has 3 N–H and O–H groups in total. The van der Waals surface area contributed by atoms with Crippen molar-refractivity contribution in [3.05, 3.63) is 51.2 Å². The second kappa shape index (κ2) is 6.31. The molecular weight excluding hydrogens is 294 g/mol. The van der Waals surface area contributed by atoms with Crippen LogP contribution in [0.3, 0.4) is 0 Å². The van der Waals surface area contributed by atoms with Gasteiger partial charge in [-0.1, -0.05) is 30.3 Å². The first-order valence-corrected chi connectivity index (χ1v) is 6.68. The van der Waals surface area contributed by atoms with Crippen LogP contribution in [0, 0.1) is 0 Å². The molecule has 0 aliphatic heterocycles. The molecule has 0 atom stereocenters. The quantitative estimate of drug-likeness (QED) is 0.719. The lowest BCUT2D eigenvalue weighted by Gasteiger charge is -2.11. The van der Waals surface area contributed by atoms with Crippen molar-refractivity contribution in [1.29, 1.82) is 0 Å². The van der Waals surface area contributed by atoms with E-state index in [9.17, 15) is 14.4 Å². The lowest BCUT2D eigenvalue weighted by Crippen LogP contribution is -2.38. The largest absolute Gasteiger partial charge is 0.410 e. The number of nitrogens with zero attached hydrogens (tertiary/aromatic N) is 1. The summed E-state index contributed by atoms with van der Waals surface area (Å²) in [5.41, 5.74) is 4.29. The van der Waals surface area contributed by atoms with E-state index in [4.69, 9.17) is 10.5 Å². The van der Waals surface area contributed by atoms with Crippen molar-refractivity contribution in [3.8, 4) is 17.0 Å². The molecule has 8 heteroatoms. The molecule has 0 saturated heterocycles. The van der Waals surface area contributed by atoms with Gasteiger partial charge in [-0.2, -0.15) is 12.6 Å². The minimum Gasteiger partial charge on any atom is -0.402 e. The topological polar surface area (TPSA) is 107 Å². The number of aromatic nitrogens is 2. The number of rotatable bonds is 4. The summed E-state index contributed by atoms with van der Waals surface area (Å²) >= 11 is 3.98.